The summed E-state index contributed by atoms with van der Waals surface area (Å²) in [6, 6.07) is 3.41. The lowest BCUT2D eigenvalue weighted by Crippen LogP contribution is -2.16. The Labute approximate surface area is 112 Å². The van der Waals surface area contributed by atoms with Gasteiger partial charge < -0.3 is 16.2 Å². The molecule has 0 radical (unpaired) electrons. The number of halogens is 1. The first kappa shape index (κ1) is 13.4. The molecule has 0 saturated carbocycles. The number of benzene rings is 1. The molecule has 2 rings (SSSR count). The summed E-state index contributed by atoms with van der Waals surface area (Å²) in [5.74, 6) is -3.01. The fourth-order valence-electron chi connectivity index (χ4n) is 1.51. The van der Waals surface area contributed by atoms with Crippen molar-refractivity contribution in [3.63, 3.8) is 0 Å². The fourth-order valence-corrected chi connectivity index (χ4v) is 1.51. The molecule has 1 amide bonds. The Balaban J connectivity index is 2.34. The molecule has 102 valence electrons. The number of nitrogens with one attached hydrogen (secondary N) is 1. The first-order valence-electron chi connectivity index (χ1n) is 5.39. The third-order valence-corrected chi connectivity index (χ3v) is 2.39. The van der Waals surface area contributed by atoms with E-state index in [0.717, 1.165) is 12.1 Å². The third-order valence-electron chi connectivity index (χ3n) is 2.39. The van der Waals surface area contributed by atoms with Crippen LogP contribution in [0.15, 0.2) is 30.6 Å². The quantitative estimate of drug-likeness (QED) is 0.771. The van der Waals surface area contributed by atoms with Crippen molar-refractivity contribution in [3.8, 4) is 0 Å². The number of carboxylic acid groups (broad SMARTS) is 1. The van der Waals surface area contributed by atoms with Crippen LogP contribution in [0.25, 0.3) is 0 Å². The second-order valence-electron chi connectivity index (χ2n) is 3.74. The summed E-state index contributed by atoms with van der Waals surface area (Å²) in [6.07, 6.45) is 2.62. The highest BCUT2D eigenvalue weighted by Crippen LogP contribution is 2.19. The van der Waals surface area contributed by atoms with E-state index in [1.54, 1.807) is 0 Å². The molecule has 0 saturated heterocycles. The van der Waals surface area contributed by atoms with Crippen molar-refractivity contribution in [3.05, 3.63) is 47.7 Å². The minimum Gasteiger partial charge on any atom is -0.478 e. The van der Waals surface area contributed by atoms with Gasteiger partial charge in [-0.2, -0.15) is 0 Å². The minimum atomic E-state index is -1.37. The largest absolute Gasteiger partial charge is 0.478 e. The van der Waals surface area contributed by atoms with Crippen molar-refractivity contribution in [2.24, 2.45) is 5.73 Å². The summed E-state index contributed by atoms with van der Waals surface area (Å²) in [5.41, 5.74) is 4.79. The number of primary amides is 1. The molecule has 1 aromatic heterocycles. The zero-order valence-corrected chi connectivity index (χ0v) is 10.0. The third kappa shape index (κ3) is 2.69. The molecule has 0 unspecified atom stereocenters. The molecule has 1 aromatic carbocycles. The van der Waals surface area contributed by atoms with E-state index in [1.807, 2.05) is 0 Å². The Morgan fingerprint density at radius 3 is 2.55 bits per heavy atom. The normalized spacial score (nSPS) is 10.1. The molecule has 0 fully saturated rings. The predicted molar refractivity (Wildman–Crippen MR) is 67.2 cm³/mol. The standard InChI is InChI=1S/C12H9FN4O3/c13-8-5-6(1-2-7(8)12(19)20)17-11-9(10(14)18)15-3-4-16-11/h1-5H,(H2,14,18)(H,16,17)(H,19,20). The Morgan fingerprint density at radius 1 is 1.25 bits per heavy atom. The molecular weight excluding hydrogens is 267 g/mol. The number of carboxylic acids is 1. The second-order valence-corrected chi connectivity index (χ2v) is 3.74. The molecule has 0 aliphatic carbocycles. The molecule has 20 heavy (non-hydrogen) atoms. The van der Waals surface area contributed by atoms with E-state index in [0.29, 0.717) is 0 Å². The van der Waals surface area contributed by atoms with Gasteiger partial charge in [0.1, 0.15) is 5.82 Å². The van der Waals surface area contributed by atoms with Crippen molar-refractivity contribution in [1.82, 2.24) is 9.97 Å². The number of hydrogen-bond donors (Lipinski definition) is 3. The highest BCUT2D eigenvalue weighted by Gasteiger charge is 2.13. The van der Waals surface area contributed by atoms with Crippen LogP contribution in [-0.2, 0) is 0 Å². The van der Waals surface area contributed by atoms with Gasteiger partial charge >= 0.3 is 5.97 Å². The van der Waals surface area contributed by atoms with Crippen LogP contribution < -0.4 is 11.1 Å². The maximum absolute atomic E-state index is 13.5. The topological polar surface area (TPSA) is 118 Å². The van der Waals surface area contributed by atoms with Crippen molar-refractivity contribution in [2.45, 2.75) is 0 Å². The molecule has 0 bridgehead atoms. The molecular formula is C12H9FN4O3. The lowest BCUT2D eigenvalue weighted by Gasteiger charge is -2.08. The van der Waals surface area contributed by atoms with Crippen LogP contribution in [0.5, 0.6) is 0 Å². The highest BCUT2D eigenvalue weighted by molar-refractivity contribution is 5.96. The van der Waals surface area contributed by atoms with Gasteiger partial charge in [-0.25, -0.2) is 19.2 Å². The zero-order chi connectivity index (χ0) is 14.7. The number of nitrogens with zero attached hydrogens (tertiary/aromatic N) is 2. The number of carbonyl (C=O) groups excluding carboxylic acids is 1. The van der Waals surface area contributed by atoms with Gasteiger partial charge in [-0.15, -0.1) is 0 Å². The molecule has 0 atom stereocenters. The van der Waals surface area contributed by atoms with E-state index in [1.165, 1.54) is 18.5 Å². The number of rotatable bonds is 4. The lowest BCUT2D eigenvalue weighted by molar-refractivity contribution is 0.0691. The number of hydrogen-bond acceptors (Lipinski definition) is 5. The number of aromatic nitrogens is 2. The smallest absolute Gasteiger partial charge is 0.338 e. The number of nitrogens with two attached hydrogens (primary N) is 1. The van der Waals surface area contributed by atoms with Crippen molar-refractivity contribution >= 4 is 23.4 Å². The first-order chi connectivity index (χ1) is 9.49. The van der Waals surface area contributed by atoms with Gasteiger partial charge in [0.05, 0.1) is 5.56 Å². The number of carbonyl (C=O) groups is 2. The van der Waals surface area contributed by atoms with Gasteiger partial charge in [0.15, 0.2) is 11.5 Å². The lowest BCUT2D eigenvalue weighted by atomic mass is 10.2. The van der Waals surface area contributed by atoms with Gasteiger partial charge in [0.25, 0.3) is 5.91 Å². The van der Waals surface area contributed by atoms with Crippen LogP contribution in [0.4, 0.5) is 15.9 Å². The van der Waals surface area contributed by atoms with Crippen molar-refractivity contribution < 1.29 is 19.1 Å². The molecule has 0 spiro atoms. The van der Waals surface area contributed by atoms with E-state index in [9.17, 15) is 14.0 Å². The van der Waals surface area contributed by atoms with E-state index < -0.39 is 23.3 Å². The number of aromatic carboxylic acids is 1. The zero-order valence-electron chi connectivity index (χ0n) is 10.0. The molecule has 0 aliphatic heterocycles. The summed E-state index contributed by atoms with van der Waals surface area (Å²) in [5, 5.41) is 11.4. The summed E-state index contributed by atoms with van der Waals surface area (Å²) in [6.45, 7) is 0. The first-order valence-corrected chi connectivity index (χ1v) is 5.39. The van der Waals surface area contributed by atoms with Crippen molar-refractivity contribution in [1.29, 1.82) is 0 Å². The summed E-state index contributed by atoms with van der Waals surface area (Å²) < 4.78 is 13.5. The molecule has 0 aliphatic rings. The minimum absolute atomic E-state index is 0.0578. The highest BCUT2D eigenvalue weighted by atomic mass is 19.1. The average Bonchev–Trinajstić information content (AvgIpc) is 2.38. The summed E-state index contributed by atoms with van der Waals surface area (Å²) in [4.78, 5) is 29.5. The van der Waals surface area contributed by atoms with Crippen LogP contribution in [0.1, 0.15) is 20.8 Å². The van der Waals surface area contributed by atoms with E-state index in [2.05, 4.69) is 15.3 Å². The maximum Gasteiger partial charge on any atom is 0.338 e. The van der Waals surface area contributed by atoms with Crippen LogP contribution >= 0.6 is 0 Å². The van der Waals surface area contributed by atoms with Gasteiger partial charge in [-0.05, 0) is 18.2 Å². The maximum atomic E-state index is 13.5. The second kappa shape index (κ2) is 5.31. The monoisotopic (exact) mass is 276 g/mol. The van der Waals surface area contributed by atoms with Gasteiger partial charge in [0, 0.05) is 18.1 Å². The number of amides is 1. The SMILES string of the molecule is NC(=O)c1nccnc1Nc1ccc(C(=O)O)c(F)c1. The van der Waals surface area contributed by atoms with Gasteiger partial charge in [-0.3, -0.25) is 4.79 Å². The van der Waals surface area contributed by atoms with Crippen LogP contribution in [0.3, 0.4) is 0 Å². The summed E-state index contributed by atoms with van der Waals surface area (Å²) >= 11 is 0. The fraction of sp³-hybridized carbons (Fsp3) is 0. The van der Waals surface area contributed by atoms with E-state index in [4.69, 9.17) is 10.8 Å². The molecule has 4 N–H and O–H groups in total. The van der Waals surface area contributed by atoms with Gasteiger partial charge in [0.2, 0.25) is 0 Å². The Bertz CT molecular complexity index is 690. The Morgan fingerprint density at radius 2 is 1.95 bits per heavy atom. The Kier molecular flexibility index (Phi) is 3.56. The van der Waals surface area contributed by atoms with Crippen LogP contribution in [-0.4, -0.2) is 27.0 Å². The van der Waals surface area contributed by atoms with Crippen LogP contribution in [0, 0.1) is 5.82 Å². The van der Waals surface area contributed by atoms with E-state index in [-0.39, 0.29) is 17.2 Å². The van der Waals surface area contributed by atoms with Crippen molar-refractivity contribution in [2.75, 3.05) is 5.32 Å². The number of anilines is 2. The average molecular weight is 276 g/mol. The molecule has 8 heteroatoms. The molecule has 7 nitrogen and oxygen atoms in total. The summed E-state index contributed by atoms with van der Waals surface area (Å²) in [7, 11) is 0. The Hall–Kier alpha value is -3.03. The van der Waals surface area contributed by atoms with Gasteiger partial charge in [-0.1, -0.05) is 0 Å². The molecule has 2 aromatic rings. The van der Waals surface area contributed by atoms with E-state index >= 15 is 0 Å². The predicted octanol–water partition coefficient (Wildman–Crippen LogP) is 1.16. The van der Waals surface area contributed by atoms with Crippen LogP contribution in [0.2, 0.25) is 0 Å². The molecule has 1 heterocycles.